The van der Waals surface area contributed by atoms with Crippen LogP contribution in [0.5, 0.6) is 0 Å². The van der Waals surface area contributed by atoms with Gasteiger partial charge in [-0.25, -0.2) is 0 Å². The van der Waals surface area contributed by atoms with E-state index in [-0.39, 0.29) is 6.61 Å². The van der Waals surface area contributed by atoms with Crippen molar-refractivity contribution in [3.63, 3.8) is 0 Å². The summed E-state index contributed by atoms with van der Waals surface area (Å²) in [5.41, 5.74) is 3.30. The molecule has 0 aromatic heterocycles. The zero-order valence-corrected chi connectivity index (χ0v) is 15.7. The van der Waals surface area contributed by atoms with E-state index in [1.165, 1.54) is 24.0 Å². The fourth-order valence-corrected chi connectivity index (χ4v) is 4.12. The standard InChI is InChI=1S/C21H28O2P/c1-3-5-7-17-9-12-20(13-10-17)24(23)21-14-11-18(8-6-4-2)15-19(21)16-22/h9-15,22H,3-8,16H2,1-2H3/q+1. The van der Waals surface area contributed by atoms with E-state index in [2.05, 4.69) is 26.0 Å². The fraction of sp³-hybridized carbons (Fsp3) is 0.429. The van der Waals surface area contributed by atoms with Crippen LogP contribution in [0, 0.1) is 0 Å². The van der Waals surface area contributed by atoms with Gasteiger partial charge in [0.2, 0.25) is 5.30 Å². The van der Waals surface area contributed by atoms with Crippen molar-refractivity contribution >= 4 is 18.4 Å². The van der Waals surface area contributed by atoms with Crippen molar-refractivity contribution in [1.29, 1.82) is 0 Å². The van der Waals surface area contributed by atoms with Crippen molar-refractivity contribution in [3.8, 4) is 0 Å². The molecule has 128 valence electrons. The van der Waals surface area contributed by atoms with Gasteiger partial charge in [-0.1, -0.05) is 49.5 Å². The van der Waals surface area contributed by atoms with Crippen molar-refractivity contribution in [2.45, 2.75) is 59.0 Å². The van der Waals surface area contributed by atoms with Gasteiger partial charge in [-0.2, -0.15) is 0 Å². The zero-order chi connectivity index (χ0) is 17.4. The van der Waals surface area contributed by atoms with Crippen LogP contribution in [0.1, 0.15) is 56.2 Å². The summed E-state index contributed by atoms with van der Waals surface area (Å²) >= 11 is 0. The number of hydrogen-bond donors (Lipinski definition) is 1. The van der Waals surface area contributed by atoms with Crippen LogP contribution >= 0.6 is 7.80 Å². The molecular weight excluding hydrogens is 315 g/mol. The highest BCUT2D eigenvalue weighted by Gasteiger charge is 2.26. The van der Waals surface area contributed by atoms with Crippen LogP contribution in [0.25, 0.3) is 0 Å². The van der Waals surface area contributed by atoms with Crippen molar-refractivity contribution in [2.75, 3.05) is 0 Å². The first-order valence-corrected chi connectivity index (χ1v) is 10.2. The monoisotopic (exact) mass is 343 g/mol. The Labute approximate surface area is 146 Å². The van der Waals surface area contributed by atoms with Crippen LogP contribution in [0.2, 0.25) is 0 Å². The molecule has 3 heteroatoms. The molecule has 0 bridgehead atoms. The second-order valence-electron chi connectivity index (χ2n) is 6.29. The summed E-state index contributed by atoms with van der Waals surface area (Å²) in [5, 5.41) is 11.3. The SMILES string of the molecule is CCCCc1ccc([P+](=O)c2ccc(CCCC)cc2CO)cc1. The molecule has 0 spiro atoms. The van der Waals surface area contributed by atoms with Crippen molar-refractivity contribution in [2.24, 2.45) is 0 Å². The first kappa shape index (κ1) is 18.8. The molecule has 2 aromatic carbocycles. The Morgan fingerprint density at radius 1 is 0.875 bits per heavy atom. The molecule has 2 rings (SSSR count). The summed E-state index contributed by atoms with van der Waals surface area (Å²) in [6.45, 7) is 4.29. The van der Waals surface area contributed by atoms with Crippen LogP contribution in [0.3, 0.4) is 0 Å². The molecule has 1 atom stereocenters. The largest absolute Gasteiger partial charge is 0.415 e. The van der Waals surface area contributed by atoms with Gasteiger partial charge < -0.3 is 5.11 Å². The lowest BCUT2D eigenvalue weighted by Gasteiger charge is -2.04. The third-order valence-corrected chi connectivity index (χ3v) is 5.98. The number of rotatable bonds is 9. The number of unbranched alkanes of at least 4 members (excludes halogenated alkanes) is 2. The second-order valence-corrected chi connectivity index (χ2v) is 7.88. The molecule has 1 unspecified atom stereocenters. The highest BCUT2D eigenvalue weighted by Crippen LogP contribution is 2.23. The van der Waals surface area contributed by atoms with Gasteiger partial charge in [0, 0.05) is 5.56 Å². The Hall–Kier alpha value is -1.50. The lowest BCUT2D eigenvalue weighted by atomic mass is 10.1. The minimum absolute atomic E-state index is 0.0645. The quantitative estimate of drug-likeness (QED) is 0.673. The molecule has 0 saturated heterocycles. The third-order valence-electron chi connectivity index (χ3n) is 4.34. The molecule has 1 N–H and O–H groups in total. The Bertz CT molecular complexity index is 662. The fourth-order valence-electron chi connectivity index (χ4n) is 2.82. The van der Waals surface area contributed by atoms with Crippen LogP contribution in [0.15, 0.2) is 42.5 Å². The van der Waals surface area contributed by atoms with Gasteiger partial charge >= 0.3 is 7.80 Å². The van der Waals surface area contributed by atoms with E-state index in [0.29, 0.717) is 0 Å². The summed E-state index contributed by atoms with van der Waals surface area (Å²) in [6, 6.07) is 14.1. The molecule has 0 heterocycles. The van der Waals surface area contributed by atoms with E-state index in [0.717, 1.165) is 41.9 Å². The molecule has 0 fully saturated rings. The molecule has 0 radical (unpaired) electrons. The minimum atomic E-state index is -1.66. The van der Waals surface area contributed by atoms with Crippen LogP contribution in [0.4, 0.5) is 0 Å². The molecule has 2 nitrogen and oxygen atoms in total. The lowest BCUT2D eigenvalue weighted by Crippen LogP contribution is -2.12. The molecule has 2 aromatic rings. The van der Waals surface area contributed by atoms with E-state index >= 15 is 0 Å². The number of aliphatic hydroxyl groups is 1. The van der Waals surface area contributed by atoms with Gasteiger partial charge in [-0.3, -0.25) is 0 Å². The van der Waals surface area contributed by atoms with Gasteiger partial charge in [-0.15, -0.1) is 0 Å². The van der Waals surface area contributed by atoms with Gasteiger partial charge in [0.15, 0.2) is 5.30 Å². The van der Waals surface area contributed by atoms with Gasteiger partial charge in [0.1, 0.15) is 0 Å². The van der Waals surface area contributed by atoms with E-state index in [9.17, 15) is 9.67 Å². The maximum atomic E-state index is 12.9. The van der Waals surface area contributed by atoms with Crippen molar-refractivity contribution in [3.05, 3.63) is 59.2 Å². The van der Waals surface area contributed by atoms with Crippen molar-refractivity contribution in [1.82, 2.24) is 0 Å². The Balaban J connectivity index is 2.19. The van der Waals surface area contributed by atoms with E-state index in [1.54, 1.807) is 0 Å². The summed E-state index contributed by atoms with van der Waals surface area (Å²) in [7, 11) is -1.66. The van der Waals surface area contributed by atoms with E-state index < -0.39 is 7.80 Å². The van der Waals surface area contributed by atoms with Crippen LogP contribution in [-0.4, -0.2) is 5.11 Å². The first-order valence-electron chi connectivity index (χ1n) is 8.98. The van der Waals surface area contributed by atoms with Crippen LogP contribution in [-0.2, 0) is 24.0 Å². The molecular formula is C21H28O2P+. The molecule has 0 aliphatic heterocycles. The number of hydrogen-bond acceptors (Lipinski definition) is 2. The smallest absolute Gasteiger partial charge is 0.392 e. The Kier molecular flexibility index (Phi) is 7.62. The maximum absolute atomic E-state index is 12.9. The molecule has 0 aliphatic carbocycles. The molecule has 0 saturated carbocycles. The van der Waals surface area contributed by atoms with Gasteiger partial charge in [0.05, 0.1) is 6.61 Å². The first-order chi connectivity index (χ1) is 11.7. The Morgan fingerprint density at radius 3 is 2.04 bits per heavy atom. The predicted octanol–water partition coefficient (Wildman–Crippen LogP) is 4.64. The second kappa shape index (κ2) is 9.71. The maximum Gasteiger partial charge on any atom is 0.415 e. The third kappa shape index (κ3) is 5.00. The highest BCUT2D eigenvalue weighted by molar-refractivity contribution is 7.61. The lowest BCUT2D eigenvalue weighted by molar-refractivity contribution is 0.282. The molecule has 0 amide bonds. The topological polar surface area (TPSA) is 37.3 Å². The summed E-state index contributed by atoms with van der Waals surface area (Å²) in [6.07, 6.45) is 6.72. The summed E-state index contributed by atoms with van der Waals surface area (Å²) in [5.74, 6) is 0. The van der Waals surface area contributed by atoms with Gasteiger partial charge in [-0.05, 0) is 61.1 Å². The van der Waals surface area contributed by atoms with Crippen molar-refractivity contribution < 1.29 is 9.67 Å². The molecule has 24 heavy (non-hydrogen) atoms. The minimum Gasteiger partial charge on any atom is -0.392 e. The van der Waals surface area contributed by atoms with E-state index in [1.807, 2.05) is 30.3 Å². The normalized spacial score (nSPS) is 11.5. The van der Waals surface area contributed by atoms with E-state index in [4.69, 9.17) is 0 Å². The zero-order valence-electron chi connectivity index (χ0n) is 14.8. The molecule has 0 aliphatic rings. The van der Waals surface area contributed by atoms with Gasteiger partial charge in [0.25, 0.3) is 0 Å². The summed E-state index contributed by atoms with van der Waals surface area (Å²) in [4.78, 5) is 0. The number of aryl methyl sites for hydroxylation is 2. The number of aliphatic hydroxyl groups excluding tert-OH is 1. The van der Waals surface area contributed by atoms with Crippen LogP contribution < -0.4 is 10.6 Å². The Morgan fingerprint density at radius 2 is 1.46 bits per heavy atom. The average Bonchev–Trinajstić information content (AvgIpc) is 2.64. The predicted molar refractivity (Wildman–Crippen MR) is 103 cm³/mol. The number of benzene rings is 2. The summed E-state index contributed by atoms with van der Waals surface area (Å²) < 4.78 is 12.9. The average molecular weight is 343 g/mol. The highest BCUT2D eigenvalue weighted by atomic mass is 31.1.